The molecule has 0 radical (unpaired) electrons. The van der Waals surface area contributed by atoms with E-state index in [4.69, 9.17) is 4.74 Å². The van der Waals surface area contributed by atoms with Gasteiger partial charge >= 0.3 is 12.1 Å². The third kappa shape index (κ3) is 3.05. The first-order valence-electron chi connectivity index (χ1n) is 10.2. The fourth-order valence-electron chi connectivity index (χ4n) is 4.72. The minimum absolute atomic E-state index is 0.0235. The van der Waals surface area contributed by atoms with Gasteiger partial charge in [0.2, 0.25) is 0 Å². The molecule has 0 saturated carbocycles. The zero-order chi connectivity index (χ0) is 20.7. The van der Waals surface area contributed by atoms with Crippen molar-refractivity contribution in [1.82, 2.24) is 4.98 Å². The number of aromatic carboxylic acids is 1. The lowest BCUT2D eigenvalue weighted by Crippen LogP contribution is -2.19. The van der Waals surface area contributed by atoms with Crippen molar-refractivity contribution in [2.45, 2.75) is 31.6 Å². The lowest BCUT2D eigenvalue weighted by molar-refractivity contribution is 0.0692. The lowest BCUT2D eigenvalue weighted by Gasteiger charge is -2.16. The Morgan fingerprint density at radius 2 is 1.63 bits per heavy atom. The number of fused-ring (bicyclic) bond motifs is 4. The molecular formula is C24H22N2O4. The van der Waals surface area contributed by atoms with Crippen LogP contribution in [0.3, 0.4) is 0 Å². The summed E-state index contributed by atoms with van der Waals surface area (Å²) in [5.41, 5.74) is 6.74. The summed E-state index contributed by atoms with van der Waals surface area (Å²) in [6.07, 6.45) is 2.90. The fourth-order valence-corrected chi connectivity index (χ4v) is 4.72. The minimum Gasteiger partial charge on any atom is -0.477 e. The highest BCUT2D eigenvalue weighted by Crippen LogP contribution is 2.44. The Kier molecular flexibility index (Phi) is 4.54. The maximum Gasteiger partial charge on any atom is 0.411 e. The van der Waals surface area contributed by atoms with Crippen LogP contribution in [0.25, 0.3) is 11.1 Å². The van der Waals surface area contributed by atoms with Gasteiger partial charge in [-0.25, -0.2) is 9.59 Å². The van der Waals surface area contributed by atoms with Crippen LogP contribution in [0.1, 0.15) is 51.6 Å². The number of benzene rings is 2. The van der Waals surface area contributed by atoms with Gasteiger partial charge in [-0.15, -0.1) is 0 Å². The van der Waals surface area contributed by atoms with E-state index in [0.29, 0.717) is 5.69 Å². The molecule has 2 aliphatic rings. The van der Waals surface area contributed by atoms with Gasteiger partial charge in [-0.3, -0.25) is 5.32 Å². The maximum atomic E-state index is 12.6. The van der Waals surface area contributed by atoms with Crippen molar-refractivity contribution in [1.29, 1.82) is 0 Å². The van der Waals surface area contributed by atoms with E-state index in [0.717, 1.165) is 59.2 Å². The van der Waals surface area contributed by atoms with Crippen molar-refractivity contribution in [2.24, 2.45) is 0 Å². The number of carbonyl (C=O) groups is 2. The third-order valence-corrected chi connectivity index (χ3v) is 6.08. The molecule has 6 heteroatoms. The second kappa shape index (κ2) is 7.37. The Hall–Kier alpha value is -3.54. The predicted octanol–water partition coefficient (Wildman–Crippen LogP) is 4.95. The summed E-state index contributed by atoms with van der Waals surface area (Å²) in [6, 6.07) is 16.3. The molecule has 0 atom stereocenters. The van der Waals surface area contributed by atoms with Gasteiger partial charge in [0.15, 0.2) is 0 Å². The first kappa shape index (κ1) is 18.5. The molecule has 0 fully saturated rings. The Bertz CT molecular complexity index is 1100. The molecule has 0 spiro atoms. The Morgan fingerprint density at radius 1 is 1.00 bits per heavy atom. The van der Waals surface area contributed by atoms with Crippen LogP contribution >= 0.6 is 0 Å². The molecule has 6 nitrogen and oxygen atoms in total. The topological polar surface area (TPSA) is 91.4 Å². The Labute approximate surface area is 173 Å². The summed E-state index contributed by atoms with van der Waals surface area (Å²) in [5, 5.41) is 12.2. The van der Waals surface area contributed by atoms with Crippen LogP contribution in [0.2, 0.25) is 0 Å². The zero-order valence-electron chi connectivity index (χ0n) is 16.4. The van der Waals surface area contributed by atoms with E-state index in [1.54, 1.807) is 0 Å². The Morgan fingerprint density at radius 3 is 2.30 bits per heavy atom. The van der Waals surface area contributed by atoms with Crippen molar-refractivity contribution >= 4 is 17.7 Å². The van der Waals surface area contributed by atoms with Gasteiger partial charge in [0, 0.05) is 11.6 Å². The van der Waals surface area contributed by atoms with E-state index in [1.807, 2.05) is 24.3 Å². The highest BCUT2D eigenvalue weighted by atomic mass is 16.5. The van der Waals surface area contributed by atoms with E-state index < -0.39 is 12.1 Å². The number of aromatic nitrogens is 1. The molecule has 3 N–H and O–H groups in total. The molecule has 0 bridgehead atoms. The number of carboxylic acids is 1. The normalized spacial score (nSPS) is 14.5. The number of nitrogens with one attached hydrogen (secondary N) is 2. The second-order valence-electron chi connectivity index (χ2n) is 7.79. The maximum absolute atomic E-state index is 12.6. The van der Waals surface area contributed by atoms with Crippen LogP contribution in [0.4, 0.5) is 10.5 Å². The van der Waals surface area contributed by atoms with E-state index >= 15 is 0 Å². The lowest BCUT2D eigenvalue weighted by atomic mass is 9.97. The summed E-state index contributed by atoms with van der Waals surface area (Å²) in [5.74, 6) is -1.12. The number of hydrogen-bond donors (Lipinski definition) is 3. The van der Waals surface area contributed by atoms with Crippen LogP contribution in [0.5, 0.6) is 0 Å². The Balaban J connectivity index is 1.36. The fraction of sp³-hybridized carbons (Fsp3) is 0.250. The van der Waals surface area contributed by atoms with Gasteiger partial charge in [-0.1, -0.05) is 48.5 Å². The molecule has 152 valence electrons. The highest BCUT2D eigenvalue weighted by Gasteiger charge is 2.30. The number of carboxylic acid groups (broad SMARTS) is 1. The number of anilines is 1. The van der Waals surface area contributed by atoms with E-state index in [2.05, 4.69) is 34.6 Å². The van der Waals surface area contributed by atoms with Crippen molar-refractivity contribution in [3.05, 3.63) is 76.6 Å². The molecule has 3 aromatic rings. The standard InChI is InChI=1S/C24H22N2O4/c27-23(28)22-21(18-11-5-6-12-20(18)25-22)26-24(29)30-13-19-16-9-3-1-7-14(16)15-8-2-4-10-17(15)19/h1-4,7-10,19,25H,5-6,11-13H2,(H,26,29)(H,27,28). The molecule has 2 aromatic carbocycles. The first-order chi connectivity index (χ1) is 14.6. The molecular weight excluding hydrogens is 380 g/mol. The minimum atomic E-state index is -1.08. The van der Waals surface area contributed by atoms with Crippen LogP contribution in [0.15, 0.2) is 48.5 Å². The zero-order valence-corrected chi connectivity index (χ0v) is 16.4. The van der Waals surface area contributed by atoms with Gasteiger partial charge in [-0.2, -0.15) is 0 Å². The number of hydrogen-bond acceptors (Lipinski definition) is 3. The van der Waals surface area contributed by atoms with Crippen molar-refractivity contribution in [3.8, 4) is 11.1 Å². The van der Waals surface area contributed by atoms with Gasteiger partial charge in [0.1, 0.15) is 12.3 Å². The van der Waals surface area contributed by atoms with Gasteiger partial charge < -0.3 is 14.8 Å². The predicted molar refractivity (Wildman–Crippen MR) is 113 cm³/mol. The largest absolute Gasteiger partial charge is 0.477 e. The quantitative estimate of drug-likeness (QED) is 0.576. The molecule has 2 aliphatic carbocycles. The van der Waals surface area contributed by atoms with Crippen molar-refractivity contribution < 1.29 is 19.4 Å². The van der Waals surface area contributed by atoms with Crippen LogP contribution in [-0.2, 0) is 17.6 Å². The van der Waals surface area contributed by atoms with E-state index in [1.165, 1.54) is 0 Å². The number of ether oxygens (including phenoxy) is 1. The third-order valence-electron chi connectivity index (χ3n) is 6.08. The summed E-state index contributed by atoms with van der Waals surface area (Å²) >= 11 is 0. The first-order valence-corrected chi connectivity index (χ1v) is 10.2. The molecule has 0 unspecified atom stereocenters. The number of amides is 1. The van der Waals surface area contributed by atoms with Gasteiger partial charge in [0.25, 0.3) is 0 Å². The molecule has 1 heterocycles. The average molecular weight is 402 g/mol. The molecule has 1 aromatic heterocycles. The van der Waals surface area contributed by atoms with E-state index in [9.17, 15) is 14.7 Å². The number of rotatable bonds is 4. The number of H-pyrrole nitrogens is 1. The van der Waals surface area contributed by atoms with Gasteiger partial charge in [-0.05, 0) is 53.5 Å². The summed E-state index contributed by atoms with van der Waals surface area (Å²) in [7, 11) is 0. The summed E-state index contributed by atoms with van der Waals surface area (Å²) < 4.78 is 5.58. The molecule has 1 amide bonds. The SMILES string of the molecule is O=C(Nc1c(C(=O)O)[nH]c2c1CCCC2)OCC1c2ccccc2-c2ccccc21. The summed E-state index contributed by atoms with van der Waals surface area (Å²) in [6.45, 7) is 0.189. The highest BCUT2D eigenvalue weighted by molar-refractivity contribution is 5.99. The van der Waals surface area contributed by atoms with E-state index in [-0.39, 0.29) is 18.2 Å². The molecule has 30 heavy (non-hydrogen) atoms. The average Bonchev–Trinajstić information content (AvgIpc) is 3.29. The van der Waals surface area contributed by atoms with Crippen molar-refractivity contribution in [3.63, 3.8) is 0 Å². The van der Waals surface area contributed by atoms with Crippen LogP contribution < -0.4 is 5.32 Å². The van der Waals surface area contributed by atoms with Crippen LogP contribution in [0, 0.1) is 0 Å². The second-order valence-corrected chi connectivity index (χ2v) is 7.79. The number of aryl methyl sites for hydroxylation is 1. The monoisotopic (exact) mass is 402 g/mol. The van der Waals surface area contributed by atoms with Crippen molar-refractivity contribution in [2.75, 3.05) is 11.9 Å². The molecule has 5 rings (SSSR count). The molecule has 0 saturated heterocycles. The number of aromatic amines is 1. The van der Waals surface area contributed by atoms with Crippen LogP contribution in [-0.4, -0.2) is 28.8 Å². The van der Waals surface area contributed by atoms with Gasteiger partial charge in [0.05, 0.1) is 5.69 Å². The summed E-state index contributed by atoms with van der Waals surface area (Å²) in [4.78, 5) is 27.2. The number of carbonyl (C=O) groups excluding carboxylic acids is 1. The molecule has 0 aliphatic heterocycles. The smallest absolute Gasteiger partial charge is 0.411 e.